The number of rotatable bonds is 3. The molecule has 1 fully saturated rings. The van der Waals surface area contributed by atoms with Crippen molar-refractivity contribution in [2.24, 2.45) is 5.73 Å². The summed E-state index contributed by atoms with van der Waals surface area (Å²) in [6.45, 7) is 4.03. The van der Waals surface area contributed by atoms with Crippen LogP contribution in [-0.4, -0.2) is 19.9 Å². The number of nitrogens with two attached hydrogens (primary N) is 1. The Bertz CT molecular complexity index is 862. The van der Waals surface area contributed by atoms with Gasteiger partial charge >= 0.3 is 0 Å². The minimum absolute atomic E-state index is 0. The van der Waals surface area contributed by atoms with Crippen molar-refractivity contribution in [1.29, 1.82) is 0 Å². The highest BCUT2D eigenvalue weighted by Gasteiger charge is 2.36. The first-order valence-electron chi connectivity index (χ1n) is 8.32. The Hall–Kier alpha value is -2.18. The van der Waals surface area contributed by atoms with Crippen LogP contribution in [-0.2, 0) is 5.54 Å². The first kappa shape index (κ1) is 17.6. The Morgan fingerprint density at radius 3 is 2.40 bits per heavy atom. The minimum atomic E-state index is -0.425. The van der Waals surface area contributed by atoms with Crippen molar-refractivity contribution in [2.75, 3.05) is 0 Å². The van der Waals surface area contributed by atoms with E-state index in [1.807, 2.05) is 42.8 Å². The van der Waals surface area contributed by atoms with Crippen molar-refractivity contribution in [1.82, 2.24) is 19.9 Å². The van der Waals surface area contributed by atoms with Gasteiger partial charge in [-0.2, -0.15) is 10.1 Å². The van der Waals surface area contributed by atoms with Gasteiger partial charge in [-0.3, -0.25) is 0 Å². The summed E-state index contributed by atoms with van der Waals surface area (Å²) in [7, 11) is 0. The summed E-state index contributed by atoms with van der Waals surface area (Å²) in [5.74, 6) is 1.14. The Morgan fingerprint density at radius 2 is 1.80 bits per heavy atom. The van der Waals surface area contributed by atoms with Crippen LogP contribution in [0.2, 0.25) is 0 Å². The lowest BCUT2D eigenvalue weighted by atomic mass is 9.99. The van der Waals surface area contributed by atoms with E-state index in [9.17, 15) is 0 Å². The smallest absolute Gasteiger partial charge is 0.257 e. The highest BCUT2D eigenvalue weighted by atomic mass is 35.5. The van der Waals surface area contributed by atoms with Crippen LogP contribution in [0.4, 0.5) is 0 Å². The maximum atomic E-state index is 6.39. The van der Waals surface area contributed by atoms with E-state index in [4.69, 9.17) is 10.3 Å². The Balaban J connectivity index is 0.00000182. The molecule has 2 aromatic heterocycles. The Kier molecular flexibility index (Phi) is 4.67. The van der Waals surface area contributed by atoms with Crippen molar-refractivity contribution >= 4 is 12.4 Å². The van der Waals surface area contributed by atoms with Crippen LogP contribution in [0, 0.1) is 13.8 Å². The first-order valence-corrected chi connectivity index (χ1v) is 8.32. The molecule has 0 unspecified atom stereocenters. The summed E-state index contributed by atoms with van der Waals surface area (Å²) in [5, 5.41) is 8.61. The normalized spacial score (nSPS) is 16.0. The van der Waals surface area contributed by atoms with Gasteiger partial charge in [0.05, 0.1) is 16.9 Å². The predicted octanol–water partition coefficient (Wildman–Crippen LogP) is 3.69. The molecule has 25 heavy (non-hydrogen) atoms. The van der Waals surface area contributed by atoms with E-state index in [1.54, 1.807) is 0 Å². The van der Waals surface area contributed by atoms with E-state index in [1.165, 1.54) is 0 Å². The second kappa shape index (κ2) is 6.61. The maximum absolute atomic E-state index is 6.39. The second-order valence-corrected chi connectivity index (χ2v) is 6.67. The van der Waals surface area contributed by atoms with Crippen molar-refractivity contribution < 1.29 is 4.52 Å². The fourth-order valence-electron chi connectivity index (χ4n) is 3.41. The van der Waals surface area contributed by atoms with Crippen LogP contribution in [0.25, 0.3) is 17.1 Å². The third-order valence-electron chi connectivity index (χ3n) is 4.74. The van der Waals surface area contributed by atoms with E-state index in [0.29, 0.717) is 11.7 Å². The van der Waals surface area contributed by atoms with Gasteiger partial charge in [-0.05, 0) is 57.0 Å². The van der Waals surface area contributed by atoms with Gasteiger partial charge in [-0.15, -0.1) is 12.4 Å². The number of aryl methyl sites for hydroxylation is 2. The van der Waals surface area contributed by atoms with E-state index in [-0.39, 0.29) is 12.4 Å². The Morgan fingerprint density at radius 1 is 1.12 bits per heavy atom. The van der Waals surface area contributed by atoms with Gasteiger partial charge in [0, 0.05) is 11.3 Å². The standard InChI is InChI=1S/C18H21N5O.ClH/c1-12-11-13(2)23(21-12)15-7-5-14(6-8-15)16-20-17(22-24-16)18(19)9-3-4-10-18;/h5-8,11H,3-4,9-10,19H2,1-2H3;1H. The van der Waals surface area contributed by atoms with Gasteiger partial charge in [0.15, 0.2) is 5.82 Å². The van der Waals surface area contributed by atoms with Gasteiger partial charge in [0.25, 0.3) is 5.89 Å². The van der Waals surface area contributed by atoms with Gasteiger partial charge < -0.3 is 10.3 Å². The molecule has 2 N–H and O–H groups in total. The number of hydrogen-bond acceptors (Lipinski definition) is 5. The third-order valence-corrected chi connectivity index (χ3v) is 4.74. The number of hydrogen-bond donors (Lipinski definition) is 1. The molecule has 0 aliphatic heterocycles. The van der Waals surface area contributed by atoms with Crippen molar-refractivity contribution in [3.63, 3.8) is 0 Å². The molecule has 0 amide bonds. The van der Waals surface area contributed by atoms with E-state index < -0.39 is 5.54 Å². The summed E-state index contributed by atoms with van der Waals surface area (Å²) in [5.41, 5.74) is 9.97. The SMILES string of the molecule is Cc1cc(C)n(-c2ccc(-c3nc(C4(N)CCCC4)no3)cc2)n1.Cl. The van der Waals surface area contributed by atoms with Crippen LogP contribution in [0.15, 0.2) is 34.9 Å². The molecule has 2 heterocycles. The van der Waals surface area contributed by atoms with Gasteiger partial charge in [0.1, 0.15) is 0 Å². The number of nitrogens with zero attached hydrogens (tertiary/aromatic N) is 4. The predicted molar refractivity (Wildman–Crippen MR) is 97.9 cm³/mol. The lowest BCUT2D eigenvalue weighted by Crippen LogP contribution is -2.34. The van der Waals surface area contributed by atoms with Crippen molar-refractivity contribution in [2.45, 2.75) is 45.1 Å². The molecular formula is C18H22ClN5O. The van der Waals surface area contributed by atoms with Crippen LogP contribution >= 0.6 is 12.4 Å². The van der Waals surface area contributed by atoms with Gasteiger partial charge in [-0.1, -0.05) is 18.0 Å². The highest BCUT2D eigenvalue weighted by molar-refractivity contribution is 5.85. The summed E-state index contributed by atoms with van der Waals surface area (Å²) in [4.78, 5) is 4.53. The molecule has 0 atom stereocenters. The monoisotopic (exact) mass is 359 g/mol. The molecule has 0 spiro atoms. The fraction of sp³-hybridized carbons (Fsp3) is 0.389. The summed E-state index contributed by atoms with van der Waals surface area (Å²) in [6.07, 6.45) is 4.08. The molecule has 4 rings (SSSR count). The minimum Gasteiger partial charge on any atom is -0.334 e. The molecule has 0 bridgehead atoms. The Labute approximate surface area is 152 Å². The lowest BCUT2D eigenvalue weighted by molar-refractivity contribution is 0.372. The zero-order valence-corrected chi connectivity index (χ0v) is 15.2. The summed E-state index contributed by atoms with van der Waals surface area (Å²) >= 11 is 0. The maximum Gasteiger partial charge on any atom is 0.257 e. The van der Waals surface area contributed by atoms with Crippen LogP contribution in [0.5, 0.6) is 0 Å². The summed E-state index contributed by atoms with van der Waals surface area (Å²) in [6, 6.07) is 10.0. The average Bonchev–Trinajstić information content (AvgIpc) is 3.28. The number of aromatic nitrogens is 4. The first-order chi connectivity index (χ1) is 11.5. The topological polar surface area (TPSA) is 82.8 Å². The van der Waals surface area contributed by atoms with E-state index in [0.717, 1.165) is 48.3 Å². The molecule has 1 aliphatic rings. The molecule has 0 saturated heterocycles. The molecule has 1 saturated carbocycles. The molecule has 6 nitrogen and oxygen atoms in total. The molecular weight excluding hydrogens is 338 g/mol. The average molecular weight is 360 g/mol. The number of halogens is 1. The lowest BCUT2D eigenvalue weighted by Gasteiger charge is -2.17. The molecule has 7 heteroatoms. The van der Waals surface area contributed by atoms with Crippen molar-refractivity contribution in [3.8, 4) is 17.1 Å². The van der Waals surface area contributed by atoms with Crippen LogP contribution in [0.1, 0.15) is 42.9 Å². The molecule has 0 radical (unpaired) electrons. The second-order valence-electron chi connectivity index (χ2n) is 6.67. The molecule has 1 aromatic carbocycles. The zero-order chi connectivity index (χ0) is 16.7. The highest BCUT2D eigenvalue weighted by Crippen LogP contribution is 2.35. The third kappa shape index (κ3) is 3.19. The van der Waals surface area contributed by atoms with Crippen molar-refractivity contribution in [3.05, 3.63) is 47.5 Å². The summed E-state index contributed by atoms with van der Waals surface area (Å²) < 4.78 is 7.36. The molecule has 132 valence electrons. The largest absolute Gasteiger partial charge is 0.334 e. The van der Waals surface area contributed by atoms with Gasteiger partial charge in [0.2, 0.25) is 0 Å². The van der Waals surface area contributed by atoms with Gasteiger partial charge in [-0.25, -0.2) is 4.68 Å². The van der Waals surface area contributed by atoms with E-state index in [2.05, 4.69) is 21.3 Å². The zero-order valence-electron chi connectivity index (χ0n) is 14.4. The van der Waals surface area contributed by atoms with E-state index >= 15 is 0 Å². The fourth-order valence-corrected chi connectivity index (χ4v) is 3.41. The number of benzene rings is 1. The van der Waals surface area contributed by atoms with Crippen LogP contribution < -0.4 is 5.73 Å². The molecule has 3 aromatic rings. The van der Waals surface area contributed by atoms with Crippen LogP contribution in [0.3, 0.4) is 0 Å². The quantitative estimate of drug-likeness (QED) is 0.771. The molecule has 1 aliphatic carbocycles.